The first-order valence-corrected chi connectivity index (χ1v) is 4.74. The van der Waals surface area contributed by atoms with Gasteiger partial charge in [-0.1, -0.05) is 0 Å². The molecule has 5 heteroatoms. The van der Waals surface area contributed by atoms with E-state index in [9.17, 15) is 4.79 Å². The van der Waals surface area contributed by atoms with E-state index < -0.39 is 0 Å². The van der Waals surface area contributed by atoms with Crippen LogP contribution < -0.4 is 10.6 Å². The van der Waals surface area contributed by atoms with E-state index in [4.69, 9.17) is 5.73 Å². The zero-order chi connectivity index (χ0) is 10.1. The minimum absolute atomic E-state index is 0.00394. The summed E-state index contributed by atoms with van der Waals surface area (Å²) in [5.74, 6) is 0.00394. The van der Waals surface area contributed by atoms with E-state index in [0.29, 0.717) is 0 Å². The fourth-order valence-electron chi connectivity index (χ4n) is 1.71. The Morgan fingerprint density at radius 1 is 1.64 bits per heavy atom. The predicted molar refractivity (Wildman–Crippen MR) is 52.8 cm³/mol. The first-order chi connectivity index (χ1) is 6.68. The van der Waals surface area contributed by atoms with E-state index in [-0.39, 0.29) is 11.9 Å². The molecule has 0 radical (unpaired) electrons. The van der Waals surface area contributed by atoms with Crippen molar-refractivity contribution >= 4 is 11.6 Å². The third kappa shape index (κ3) is 1.50. The van der Waals surface area contributed by atoms with E-state index in [2.05, 4.69) is 5.10 Å². The molecule has 1 saturated heterocycles. The lowest BCUT2D eigenvalue weighted by atomic mass is 10.1. The number of rotatable bonds is 1. The van der Waals surface area contributed by atoms with Crippen LogP contribution >= 0.6 is 0 Å². The van der Waals surface area contributed by atoms with Crippen molar-refractivity contribution < 1.29 is 4.79 Å². The molecule has 1 aromatic heterocycles. The lowest BCUT2D eigenvalue weighted by Crippen LogP contribution is -2.48. The lowest BCUT2D eigenvalue weighted by Gasteiger charge is -2.29. The van der Waals surface area contributed by atoms with Crippen LogP contribution in [0.4, 0.5) is 5.69 Å². The van der Waals surface area contributed by atoms with Crippen LogP contribution in [0, 0.1) is 0 Å². The molecule has 2 heterocycles. The largest absolute Gasteiger partial charge is 0.320 e. The van der Waals surface area contributed by atoms with Crippen molar-refractivity contribution in [3.63, 3.8) is 0 Å². The number of aryl methyl sites for hydroxylation is 1. The Morgan fingerprint density at radius 3 is 3.07 bits per heavy atom. The summed E-state index contributed by atoms with van der Waals surface area (Å²) in [6.07, 6.45) is 5.27. The second-order valence-electron chi connectivity index (χ2n) is 3.61. The fraction of sp³-hybridized carbons (Fsp3) is 0.556. The van der Waals surface area contributed by atoms with Gasteiger partial charge in [0.25, 0.3) is 0 Å². The summed E-state index contributed by atoms with van der Waals surface area (Å²) in [6, 6.07) is -0.344. The van der Waals surface area contributed by atoms with Crippen molar-refractivity contribution in [2.75, 3.05) is 11.4 Å². The Bertz CT molecular complexity index is 346. The van der Waals surface area contributed by atoms with Crippen molar-refractivity contribution in [1.29, 1.82) is 0 Å². The highest BCUT2D eigenvalue weighted by Gasteiger charge is 2.27. The summed E-state index contributed by atoms with van der Waals surface area (Å²) in [5.41, 5.74) is 6.53. The van der Waals surface area contributed by atoms with E-state index in [1.165, 1.54) is 0 Å². The van der Waals surface area contributed by atoms with Gasteiger partial charge in [-0.05, 0) is 12.8 Å². The number of amides is 1. The van der Waals surface area contributed by atoms with Gasteiger partial charge in [-0.3, -0.25) is 9.48 Å². The Kier molecular flexibility index (Phi) is 2.25. The number of carbonyl (C=O) groups excluding carboxylic acids is 1. The molecule has 0 spiro atoms. The predicted octanol–water partition coefficient (Wildman–Crippen LogP) is -0.126. The highest BCUT2D eigenvalue weighted by atomic mass is 16.2. The molecule has 1 aliphatic rings. The van der Waals surface area contributed by atoms with Gasteiger partial charge >= 0.3 is 0 Å². The van der Waals surface area contributed by atoms with Crippen LogP contribution in [0.2, 0.25) is 0 Å². The quantitative estimate of drug-likeness (QED) is 0.677. The second-order valence-corrected chi connectivity index (χ2v) is 3.61. The zero-order valence-corrected chi connectivity index (χ0v) is 8.18. The molecular weight excluding hydrogens is 180 g/mol. The zero-order valence-electron chi connectivity index (χ0n) is 8.18. The summed E-state index contributed by atoms with van der Waals surface area (Å²) in [4.78, 5) is 13.4. The van der Waals surface area contributed by atoms with E-state index >= 15 is 0 Å². The van der Waals surface area contributed by atoms with Crippen molar-refractivity contribution in [3.8, 4) is 0 Å². The maximum Gasteiger partial charge on any atom is 0.243 e. The second kappa shape index (κ2) is 3.42. The van der Waals surface area contributed by atoms with Gasteiger partial charge in [-0.2, -0.15) is 5.10 Å². The molecule has 1 aliphatic heterocycles. The van der Waals surface area contributed by atoms with Crippen molar-refractivity contribution in [2.45, 2.75) is 18.9 Å². The SMILES string of the molecule is Cn1cc(N2CCCC(N)C2=O)cn1. The Balaban J connectivity index is 2.21. The van der Waals surface area contributed by atoms with Crippen LogP contribution in [0.5, 0.6) is 0 Å². The monoisotopic (exact) mass is 194 g/mol. The molecule has 14 heavy (non-hydrogen) atoms. The van der Waals surface area contributed by atoms with Crippen molar-refractivity contribution in [3.05, 3.63) is 12.4 Å². The molecule has 1 atom stereocenters. The maximum absolute atomic E-state index is 11.7. The molecule has 1 amide bonds. The van der Waals surface area contributed by atoms with Crippen LogP contribution in [0.1, 0.15) is 12.8 Å². The number of nitrogens with zero attached hydrogens (tertiary/aromatic N) is 3. The van der Waals surface area contributed by atoms with E-state index in [0.717, 1.165) is 25.1 Å². The first kappa shape index (κ1) is 9.21. The molecule has 0 aliphatic carbocycles. The minimum Gasteiger partial charge on any atom is -0.320 e. The van der Waals surface area contributed by atoms with Gasteiger partial charge in [-0.25, -0.2) is 0 Å². The number of anilines is 1. The number of hydrogen-bond donors (Lipinski definition) is 1. The number of nitrogens with two attached hydrogens (primary N) is 1. The summed E-state index contributed by atoms with van der Waals surface area (Å²) >= 11 is 0. The topological polar surface area (TPSA) is 64.2 Å². The van der Waals surface area contributed by atoms with Gasteiger partial charge in [-0.15, -0.1) is 0 Å². The average Bonchev–Trinajstić information content (AvgIpc) is 2.57. The molecule has 76 valence electrons. The Labute approximate surface area is 82.5 Å². The molecule has 1 aromatic rings. The maximum atomic E-state index is 11.7. The van der Waals surface area contributed by atoms with Crippen LogP contribution in [0.25, 0.3) is 0 Å². The molecule has 1 unspecified atom stereocenters. The number of carbonyl (C=O) groups is 1. The molecule has 5 nitrogen and oxygen atoms in total. The molecule has 2 N–H and O–H groups in total. The fourth-order valence-corrected chi connectivity index (χ4v) is 1.71. The number of hydrogen-bond acceptors (Lipinski definition) is 3. The minimum atomic E-state index is -0.344. The molecule has 0 aromatic carbocycles. The van der Waals surface area contributed by atoms with Gasteiger partial charge in [0, 0.05) is 19.8 Å². The first-order valence-electron chi connectivity index (χ1n) is 4.74. The van der Waals surface area contributed by atoms with Crippen molar-refractivity contribution in [1.82, 2.24) is 9.78 Å². The third-order valence-electron chi connectivity index (χ3n) is 2.48. The van der Waals surface area contributed by atoms with Crippen LogP contribution in [-0.4, -0.2) is 28.3 Å². The third-order valence-corrected chi connectivity index (χ3v) is 2.48. The smallest absolute Gasteiger partial charge is 0.243 e. The van der Waals surface area contributed by atoms with Gasteiger partial charge < -0.3 is 10.6 Å². The summed E-state index contributed by atoms with van der Waals surface area (Å²) in [5, 5.41) is 4.03. The van der Waals surface area contributed by atoms with E-state index in [1.54, 1.807) is 15.8 Å². The molecule has 0 bridgehead atoms. The molecule has 0 saturated carbocycles. The normalized spacial score (nSPS) is 22.9. The van der Waals surface area contributed by atoms with E-state index in [1.807, 2.05) is 13.2 Å². The van der Waals surface area contributed by atoms with Crippen molar-refractivity contribution in [2.24, 2.45) is 12.8 Å². The standard InChI is InChI=1S/C9H14N4O/c1-12-6-7(5-11-12)13-4-2-3-8(10)9(13)14/h5-6,8H,2-4,10H2,1H3. The molecule has 2 rings (SSSR count). The van der Waals surface area contributed by atoms with Crippen LogP contribution in [0.3, 0.4) is 0 Å². The summed E-state index contributed by atoms with van der Waals surface area (Å²) < 4.78 is 1.68. The Hall–Kier alpha value is -1.36. The molecular formula is C9H14N4O. The number of aromatic nitrogens is 2. The summed E-state index contributed by atoms with van der Waals surface area (Å²) in [7, 11) is 1.83. The van der Waals surface area contributed by atoms with Gasteiger partial charge in [0.2, 0.25) is 5.91 Å². The lowest BCUT2D eigenvalue weighted by molar-refractivity contribution is -0.120. The highest BCUT2D eigenvalue weighted by Crippen LogP contribution is 2.18. The van der Waals surface area contributed by atoms with Gasteiger partial charge in [0.05, 0.1) is 17.9 Å². The highest BCUT2D eigenvalue weighted by molar-refractivity contribution is 5.97. The average molecular weight is 194 g/mol. The van der Waals surface area contributed by atoms with Crippen LogP contribution in [-0.2, 0) is 11.8 Å². The van der Waals surface area contributed by atoms with Gasteiger partial charge in [0.15, 0.2) is 0 Å². The number of piperidine rings is 1. The Morgan fingerprint density at radius 2 is 2.43 bits per heavy atom. The molecule has 1 fully saturated rings. The summed E-state index contributed by atoms with van der Waals surface area (Å²) in [6.45, 7) is 0.748. The van der Waals surface area contributed by atoms with Crippen LogP contribution in [0.15, 0.2) is 12.4 Å². The van der Waals surface area contributed by atoms with Gasteiger partial charge in [0.1, 0.15) is 0 Å².